The molecular weight excluding hydrogens is 560 g/mol. The summed E-state index contributed by atoms with van der Waals surface area (Å²) < 4.78 is 14.6. The van der Waals surface area contributed by atoms with E-state index in [2.05, 4.69) is 31.9 Å². The van der Waals surface area contributed by atoms with Crippen molar-refractivity contribution in [3.63, 3.8) is 0 Å². The number of hydrogen-bond donors (Lipinski definition) is 1. The lowest BCUT2D eigenvalue weighted by Gasteiger charge is -2.42. The number of benzene rings is 2. The van der Waals surface area contributed by atoms with E-state index in [1.54, 1.807) is 24.3 Å². The van der Waals surface area contributed by atoms with Crippen molar-refractivity contribution >= 4 is 52.1 Å². The third-order valence-electron chi connectivity index (χ3n) is 7.15. The van der Waals surface area contributed by atoms with Gasteiger partial charge < -0.3 is 15.1 Å². The fraction of sp³-hybridized carbons (Fsp3) is 0.345. The van der Waals surface area contributed by atoms with E-state index >= 15 is 0 Å². The summed E-state index contributed by atoms with van der Waals surface area (Å²) in [6.45, 7) is 12.0. The number of nitrogens with zero attached hydrogens (tertiary/aromatic N) is 4. The third kappa shape index (κ3) is 7.40. The lowest BCUT2D eigenvalue weighted by Crippen LogP contribution is -2.48. The summed E-state index contributed by atoms with van der Waals surface area (Å²) in [7, 11) is 0. The Morgan fingerprint density at radius 1 is 1.15 bits per heavy atom. The fourth-order valence-electron chi connectivity index (χ4n) is 4.93. The molecule has 204 valence electrons. The molecule has 1 fully saturated rings. The summed E-state index contributed by atoms with van der Waals surface area (Å²) in [5, 5.41) is 3.85. The van der Waals surface area contributed by atoms with E-state index in [4.69, 9.17) is 41.4 Å². The number of rotatable bonds is 9. The van der Waals surface area contributed by atoms with E-state index in [9.17, 15) is 9.18 Å². The lowest BCUT2D eigenvalue weighted by molar-refractivity contribution is 0.0945. The second-order valence-corrected chi connectivity index (χ2v) is 10.9. The first-order valence-corrected chi connectivity index (χ1v) is 13.9. The molecule has 2 aromatic carbocycles. The summed E-state index contributed by atoms with van der Waals surface area (Å²) in [5.74, 6) is -0.601. The average Bonchev–Trinajstić information content (AvgIpc) is 2.93. The number of carbonyl (C=O) groups excluding carboxylic acids is 1. The molecule has 1 aliphatic rings. The van der Waals surface area contributed by atoms with Gasteiger partial charge in [-0.05, 0) is 56.5 Å². The molecule has 2 heterocycles. The van der Waals surface area contributed by atoms with Crippen molar-refractivity contribution in [3.8, 4) is 0 Å². The van der Waals surface area contributed by atoms with Gasteiger partial charge in [-0.3, -0.25) is 9.78 Å². The van der Waals surface area contributed by atoms with Crippen LogP contribution in [0.2, 0.25) is 15.1 Å². The number of anilines is 1. The SMILES string of the molecule is [C-]#[N+]c1ccc(N(Cc2cc(Cl)ccc2F)C2CCN(C(C)CCNC(=O)c3c(Cl)cncc3Cl)CC2)cc1. The second kappa shape index (κ2) is 13.5. The van der Waals surface area contributed by atoms with Crippen LogP contribution in [0.25, 0.3) is 4.85 Å². The van der Waals surface area contributed by atoms with E-state index in [-0.39, 0.29) is 39.4 Å². The molecule has 1 saturated heterocycles. The van der Waals surface area contributed by atoms with E-state index in [1.165, 1.54) is 18.5 Å². The van der Waals surface area contributed by atoms with Crippen LogP contribution in [0.5, 0.6) is 0 Å². The Balaban J connectivity index is 1.37. The van der Waals surface area contributed by atoms with Gasteiger partial charge in [-0.2, -0.15) is 0 Å². The Morgan fingerprint density at radius 2 is 1.82 bits per heavy atom. The standard InChI is InChI=1S/C29H29Cl3FN5O/c1-19(9-12-36-29(39)28-25(31)16-35-17-26(28)32)37-13-10-24(11-14-37)38(23-6-4-22(34-2)5-7-23)18-20-15-21(30)3-8-27(20)33/h3-8,15-17,19,24H,9-14,18H2,1H3,(H,36,39). The molecule has 1 unspecified atom stereocenters. The molecule has 1 aliphatic heterocycles. The van der Waals surface area contributed by atoms with Crippen LogP contribution >= 0.6 is 34.8 Å². The Labute approximate surface area is 243 Å². The number of likely N-dealkylation sites (tertiary alicyclic amines) is 1. The first-order valence-electron chi connectivity index (χ1n) is 12.8. The molecular formula is C29H29Cl3FN5O. The second-order valence-electron chi connectivity index (χ2n) is 9.63. The monoisotopic (exact) mass is 587 g/mol. The normalized spacial score (nSPS) is 15.0. The molecule has 10 heteroatoms. The van der Waals surface area contributed by atoms with Gasteiger partial charge in [-0.15, -0.1) is 0 Å². The highest BCUT2D eigenvalue weighted by Gasteiger charge is 2.28. The van der Waals surface area contributed by atoms with Gasteiger partial charge in [0.15, 0.2) is 5.69 Å². The highest BCUT2D eigenvalue weighted by molar-refractivity contribution is 6.39. The van der Waals surface area contributed by atoms with Crippen molar-refractivity contribution in [2.75, 3.05) is 24.5 Å². The molecule has 0 radical (unpaired) electrons. The number of aromatic nitrogens is 1. The molecule has 1 N–H and O–H groups in total. The summed E-state index contributed by atoms with van der Waals surface area (Å²) in [6.07, 6.45) is 5.36. The molecule has 1 atom stereocenters. The van der Waals surface area contributed by atoms with Crippen LogP contribution in [0.3, 0.4) is 0 Å². The maximum Gasteiger partial charge on any atom is 0.254 e. The van der Waals surface area contributed by atoms with Crippen LogP contribution in [0.4, 0.5) is 15.8 Å². The number of halogens is 4. The van der Waals surface area contributed by atoms with Crippen molar-refractivity contribution in [2.24, 2.45) is 0 Å². The van der Waals surface area contributed by atoms with Gasteiger partial charge in [0.1, 0.15) is 5.82 Å². The van der Waals surface area contributed by atoms with Crippen LogP contribution in [-0.2, 0) is 6.54 Å². The van der Waals surface area contributed by atoms with Gasteiger partial charge in [-0.25, -0.2) is 9.24 Å². The topological polar surface area (TPSA) is 52.8 Å². The largest absolute Gasteiger partial charge is 0.364 e. The highest BCUT2D eigenvalue weighted by atomic mass is 35.5. The van der Waals surface area contributed by atoms with Crippen LogP contribution in [0, 0.1) is 12.4 Å². The van der Waals surface area contributed by atoms with Crippen LogP contribution in [0.1, 0.15) is 42.1 Å². The molecule has 1 aromatic heterocycles. The molecule has 0 aliphatic carbocycles. The minimum atomic E-state index is -0.313. The third-order valence-corrected chi connectivity index (χ3v) is 7.96. The molecule has 6 nitrogen and oxygen atoms in total. The summed E-state index contributed by atoms with van der Waals surface area (Å²) >= 11 is 18.4. The van der Waals surface area contributed by atoms with E-state index in [1.807, 2.05) is 12.1 Å². The number of pyridine rings is 1. The maximum atomic E-state index is 14.6. The van der Waals surface area contributed by atoms with Gasteiger partial charge in [0, 0.05) is 66.9 Å². The van der Waals surface area contributed by atoms with E-state index in [0.29, 0.717) is 29.4 Å². The molecule has 1 amide bonds. The number of carbonyl (C=O) groups is 1. The molecule has 39 heavy (non-hydrogen) atoms. The zero-order chi connectivity index (χ0) is 27.9. The molecule has 4 rings (SSSR count). The zero-order valence-electron chi connectivity index (χ0n) is 21.5. The Morgan fingerprint density at radius 3 is 2.46 bits per heavy atom. The molecule has 0 bridgehead atoms. The van der Waals surface area contributed by atoms with Crippen LogP contribution in [-0.4, -0.2) is 47.5 Å². The van der Waals surface area contributed by atoms with Gasteiger partial charge in [0.05, 0.1) is 22.2 Å². The minimum absolute atomic E-state index is 0.196. The summed E-state index contributed by atoms with van der Waals surface area (Å²) in [6, 6.07) is 12.5. The highest BCUT2D eigenvalue weighted by Crippen LogP contribution is 2.30. The van der Waals surface area contributed by atoms with E-state index < -0.39 is 0 Å². The average molecular weight is 589 g/mol. The van der Waals surface area contributed by atoms with Gasteiger partial charge >= 0.3 is 0 Å². The molecule has 0 saturated carbocycles. The number of nitrogens with one attached hydrogen (secondary N) is 1. The van der Waals surface area contributed by atoms with Crippen LogP contribution in [0.15, 0.2) is 54.9 Å². The zero-order valence-corrected chi connectivity index (χ0v) is 23.8. The Bertz CT molecular complexity index is 1320. The van der Waals surface area contributed by atoms with E-state index in [0.717, 1.165) is 38.0 Å². The predicted molar refractivity (Wildman–Crippen MR) is 156 cm³/mol. The van der Waals surface area contributed by atoms with Crippen molar-refractivity contribution in [3.05, 3.63) is 98.3 Å². The van der Waals surface area contributed by atoms with Gasteiger partial charge in [0.2, 0.25) is 0 Å². The van der Waals surface area contributed by atoms with Crippen molar-refractivity contribution in [1.29, 1.82) is 0 Å². The Hall–Kier alpha value is -2.89. The first kappa shape index (κ1) is 29.1. The van der Waals surface area contributed by atoms with Crippen molar-refractivity contribution in [1.82, 2.24) is 15.2 Å². The number of amides is 1. The molecule has 3 aromatic rings. The Kier molecular flexibility index (Phi) is 10.0. The van der Waals surface area contributed by atoms with Crippen molar-refractivity contribution in [2.45, 2.75) is 44.8 Å². The van der Waals surface area contributed by atoms with Gasteiger partial charge in [-0.1, -0.05) is 46.9 Å². The van der Waals surface area contributed by atoms with Crippen LogP contribution < -0.4 is 10.2 Å². The quantitative estimate of drug-likeness (QED) is 0.265. The lowest BCUT2D eigenvalue weighted by atomic mass is 9.99. The first-order chi connectivity index (χ1) is 18.8. The minimum Gasteiger partial charge on any atom is -0.364 e. The number of piperidine rings is 1. The maximum absolute atomic E-state index is 14.6. The summed E-state index contributed by atoms with van der Waals surface area (Å²) in [4.78, 5) is 24.6. The predicted octanol–water partition coefficient (Wildman–Crippen LogP) is 7.41. The smallest absolute Gasteiger partial charge is 0.254 e. The van der Waals surface area contributed by atoms with Gasteiger partial charge in [0.25, 0.3) is 5.91 Å². The number of hydrogen-bond acceptors (Lipinski definition) is 4. The molecule has 0 spiro atoms. The van der Waals surface area contributed by atoms with Crippen molar-refractivity contribution < 1.29 is 9.18 Å². The summed E-state index contributed by atoms with van der Waals surface area (Å²) in [5.41, 5.74) is 2.29. The fourth-order valence-corrected chi connectivity index (χ4v) is 5.66.